The van der Waals surface area contributed by atoms with Gasteiger partial charge < -0.3 is 29.0 Å². The minimum atomic E-state index is -0.941. The van der Waals surface area contributed by atoms with Gasteiger partial charge in [0, 0.05) is 18.2 Å². The molecule has 0 aliphatic heterocycles. The molecule has 0 bridgehead atoms. The predicted octanol–water partition coefficient (Wildman–Crippen LogP) is 3.22. The number of hydrogen-bond acceptors (Lipinski definition) is 7. The number of aryl methyl sites for hydroxylation is 1. The van der Waals surface area contributed by atoms with Crippen molar-refractivity contribution in [2.75, 3.05) is 33.8 Å². The molecule has 1 amide bonds. The summed E-state index contributed by atoms with van der Waals surface area (Å²) in [6.45, 7) is 1.52. The van der Waals surface area contributed by atoms with Crippen LogP contribution in [0.15, 0.2) is 36.4 Å². The lowest BCUT2D eigenvalue weighted by Crippen LogP contribution is -2.30. The first-order chi connectivity index (χ1) is 14.4. The van der Waals surface area contributed by atoms with Gasteiger partial charge in [-0.2, -0.15) is 0 Å². The summed E-state index contributed by atoms with van der Waals surface area (Å²) in [5.41, 5.74) is 1.37. The standard InChI is InChI=1S/C22H27NO7/c1-14(22(25)23-16-7-6-8-17(13-16)26-2)30-20(24)10-9-15-11-18(27-3)21(29-5)19(12-15)28-4/h6-8,11-14H,9-10H2,1-5H3,(H,23,25)/t14-/m0/s1. The summed E-state index contributed by atoms with van der Waals surface area (Å²) in [6, 6.07) is 10.5. The average Bonchev–Trinajstić information content (AvgIpc) is 2.76. The van der Waals surface area contributed by atoms with E-state index in [2.05, 4.69) is 5.32 Å². The number of methoxy groups -OCH3 is 4. The predicted molar refractivity (Wildman–Crippen MR) is 112 cm³/mol. The molecule has 0 unspecified atom stereocenters. The van der Waals surface area contributed by atoms with E-state index in [-0.39, 0.29) is 6.42 Å². The molecule has 0 radical (unpaired) electrons. The normalized spacial score (nSPS) is 11.2. The Kier molecular flexibility index (Phi) is 8.34. The SMILES string of the molecule is COc1cccc(NC(=O)[C@H](C)OC(=O)CCc2cc(OC)c(OC)c(OC)c2)c1. The summed E-state index contributed by atoms with van der Waals surface area (Å²) in [5, 5.41) is 2.70. The fraction of sp³-hybridized carbons (Fsp3) is 0.364. The Bertz CT molecular complexity index is 857. The third-order valence-corrected chi connectivity index (χ3v) is 4.36. The third-order valence-electron chi connectivity index (χ3n) is 4.36. The van der Waals surface area contributed by atoms with E-state index in [1.807, 2.05) is 0 Å². The molecular weight excluding hydrogens is 390 g/mol. The van der Waals surface area contributed by atoms with Gasteiger partial charge in [0.15, 0.2) is 17.6 Å². The molecule has 0 saturated heterocycles. The largest absolute Gasteiger partial charge is 0.497 e. The van der Waals surface area contributed by atoms with Gasteiger partial charge in [0.05, 0.1) is 28.4 Å². The Morgan fingerprint density at radius 2 is 1.60 bits per heavy atom. The first-order valence-electron chi connectivity index (χ1n) is 9.35. The molecule has 0 saturated carbocycles. The molecular formula is C22H27NO7. The Balaban J connectivity index is 1.93. The van der Waals surface area contributed by atoms with Crippen LogP contribution < -0.4 is 24.3 Å². The van der Waals surface area contributed by atoms with E-state index in [4.69, 9.17) is 23.7 Å². The lowest BCUT2D eigenvalue weighted by atomic mass is 10.1. The van der Waals surface area contributed by atoms with Gasteiger partial charge in [-0.1, -0.05) is 6.07 Å². The summed E-state index contributed by atoms with van der Waals surface area (Å²) in [4.78, 5) is 24.5. The maximum Gasteiger partial charge on any atom is 0.306 e. The molecule has 0 heterocycles. The summed E-state index contributed by atoms with van der Waals surface area (Å²) >= 11 is 0. The van der Waals surface area contributed by atoms with Crippen LogP contribution in [0.3, 0.4) is 0 Å². The molecule has 0 spiro atoms. The highest BCUT2D eigenvalue weighted by Crippen LogP contribution is 2.38. The second-order valence-electron chi connectivity index (χ2n) is 6.39. The van der Waals surface area contributed by atoms with Crippen molar-refractivity contribution in [3.63, 3.8) is 0 Å². The Labute approximate surface area is 176 Å². The minimum Gasteiger partial charge on any atom is -0.497 e. The van der Waals surface area contributed by atoms with Crippen molar-refractivity contribution in [2.45, 2.75) is 25.9 Å². The first-order valence-corrected chi connectivity index (χ1v) is 9.35. The van der Waals surface area contributed by atoms with E-state index in [1.54, 1.807) is 43.5 Å². The van der Waals surface area contributed by atoms with Gasteiger partial charge in [0.1, 0.15) is 5.75 Å². The lowest BCUT2D eigenvalue weighted by Gasteiger charge is -2.15. The van der Waals surface area contributed by atoms with Gasteiger partial charge in [-0.05, 0) is 43.2 Å². The highest BCUT2D eigenvalue weighted by Gasteiger charge is 2.19. The van der Waals surface area contributed by atoms with Crippen LogP contribution in [0.4, 0.5) is 5.69 Å². The molecule has 1 atom stereocenters. The van der Waals surface area contributed by atoms with Gasteiger partial charge in [-0.3, -0.25) is 9.59 Å². The van der Waals surface area contributed by atoms with Crippen molar-refractivity contribution in [2.24, 2.45) is 0 Å². The van der Waals surface area contributed by atoms with Crippen molar-refractivity contribution < 1.29 is 33.3 Å². The average molecular weight is 417 g/mol. The zero-order valence-electron chi connectivity index (χ0n) is 17.8. The first kappa shape index (κ1) is 22.9. The molecule has 8 heteroatoms. The smallest absolute Gasteiger partial charge is 0.306 e. The number of carbonyl (C=O) groups is 2. The van der Waals surface area contributed by atoms with Gasteiger partial charge >= 0.3 is 5.97 Å². The van der Waals surface area contributed by atoms with Crippen LogP contribution in [0, 0.1) is 0 Å². The van der Waals surface area contributed by atoms with Crippen LogP contribution in [0.5, 0.6) is 23.0 Å². The number of anilines is 1. The van der Waals surface area contributed by atoms with E-state index >= 15 is 0 Å². The fourth-order valence-electron chi connectivity index (χ4n) is 2.78. The van der Waals surface area contributed by atoms with Crippen LogP contribution in [-0.2, 0) is 20.7 Å². The Morgan fingerprint density at radius 3 is 2.17 bits per heavy atom. The second kappa shape index (κ2) is 10.9. The van der Waals surface area contributed by atoms with Crippen molar-refractivity contribution >= 4 is 17.6 Å². The molecule has 1 N–H and O–H groups in total. The van der Waals surface area contributed by atoms with E-state index < -0.39 is 18.0 Å². The number of ether oxygens (including phenoxy) is 5. The molecule has 0 aliphatic rings. The minimum absolute atomic E-state index is 0.0927. The molecule has 0 aliphatic carbocycles. The number of rotatable bonds is 10. The summed E-state index contributed by atoms with van der Waals surface area (Å²) in [7, 11) is 6.12. The van der Waals surface area contributed by atoms with Crippen LogP contribution in [0.2, 0.25) is 0 Å². The van der Waals surface area contributed by atoms with Crippen LogP contribution in [-0.4, -0.2) is 46.4 Å². The molecule has 8 nitrogen and oxygen atoms in total. The monoisotopic (exact) mass is 417 g/mol. The molecule has 0 aromatic heterocycles. The topological polar surface area (TPSA) is 92.3 Å². The summed E-state index contributed by atoms with van der Waals surface area (Å²) in [6.07, 6.45) is -0.460. The van der Waals surface area contributed by atoms with Crippen molar-refractivity contribution in [3.05, 3.63) is 42.0 Å². The van der Waals surface area contributed by atoms with Crippen LogP contribution in [0.25, 0.3) is 0 Å². The number of amides is 1. The van der Waals surface area contributed by atoms with E-state index in [1.165, 1.54) is 28.3 Å². The molecule has 162 valence electrons. The maximum atomic E-state index is 12.3. The fourth-order valence-corrected chi connectivity index (χ4v) is 2.78. The van der Waals surface area contributed by atoms with Crippen molar-refractivity contribution in [1.82, 2.24) is 0 Å². The quantitative estimate of drug-likeness (QED) is 0.594. The zero-order chi connectivity index (χ0) is 22.1. The highest BCUT2D eigenvalue weighted by atomic mass is 16.5. The number of nitrogens with one attached hydrogen (secondary N) is 1. The number of esters is 1. The summed E-state index contributed by atoms with van der Waals surface area (Å²) < 4.78 is 26.3. The Morgan fingerprint density at radius 1 is 0.933 bits per heavy atom. The zero-order valence-corrected chi connectivity index (χ0v) is 17.8. The van der Waals surface area contributed by atoms with Crippen molar-refractivity contribution in [3.8, 4) is 23.0 Å². The molecule has 30 heavy (non-hydrogen) atoms. The molecule has 2 rings (SSSR count). The third kappa shape index (κ3) is 6.04. The molecule has 0 fully saturated rings. The van der Waals surface area contributed by atoms with E-state index in [9.17, 15) is 9.59 Å². The van der Waals surface area contributed by atoms with Gasteiger partial charge in [-0.25, -0.2) is 0 Å². The number of carbonyl (C=O) groups excluding carboxylic acids is 2. The van der Waals surface area contributed by atoms with Crippen LogP contribution >= 0.6 is 0 Å². The number of hydrogen-bond donors (Lipinski definition) is 1. The van der Waals surface area contributed by atoms with Gasteiger partial charge in [-0.15, -0.1) is 0 Å². The Hall–Kier alpha value is -3.42. The maximum absolute atomic E-state index is 12.3. The second-order valence-corrected chi connectivity index (χ2v) is 6.39. The van der Waals surface area contributed by atoms with Crippen molar-refractivity contribution in [1.29, 1.82) is 0 Å². The highest BCUT2D eigenvalue weighted by molar-refractivity contribution is 5.95. The summed E-state index contributed by atoms with van der Waals surface area (Å²) in [5.74, 6) is 1.19. The molecule has 2 aromatic carbocycles. The lowest BCUT2D eigenvalue weighted by molar-refractivity contribution is -0.153. The van der Waals surface area contributed by atoms with E-state index in [0.29, 0.717) is 35.1 Å². The van der Waals surface area contributed by atoms with Gasteiger partial charge in [0.25, 0.3) is 5.91 Å². The van der Waals surface area contributed by atoms with Crippen LogP contribution in [0.1, 0.15) is 18.9 Å². The molecule has 2 aromatic rings. The number of benzene rings is 2. The van der Waals surface area contributed by atoms with Gasteiger partial charge in [0.2, 0.25) is 5.75 Å². The van der Waals surface area contributed by atoms with E-state index in [0.717, 1.165) is 5.56 Å².